The molecular formula is C7H13NO2. The number of hydrogen-bond acceptors (Lipinski definition) is 3. The second kappa shape index (κ2) is 4.44. The summed E-state index contributed by atoms with van der Waals surface area (Å²) >= 11 is 0. The Morgan fingerprint density at radius 2 is 2.60 bits per heavy atom. The van der Waals surface area contributed by atoms with Crippen LogP contribution >= 0.6 is 0 Å². The van der Waals surface area contributed by atoms with Gasteiger partial charge in [-0.3, -0.25) is 4.84 Å². The van der Waals surface area contributed by atoms with Gasteiger partial charge in [-0.2, -0.15) is 5.48 Å². The molecule has 1 atom stereocenters. The molecule has 10 heavy (non-hydrogen) atoms. The maximum Gasteiger partial charge on any atom is 0.0864 e. The van der Waals surface area contributed by atoms with Gasteiger partial charge in [-0.15, -0.1) is 0 Å². The lowest BCUT2D eigenvalue weighted by molar-refractivity contribution is 0.0332. The van der Waals surface area contributed by atoms with E-state index in [0.29, 0.717) is 12.6 Å². The molecule has 0 bridgehead atoms. The molecule has 0 radical (unpaired) electrons. The van der Waals surface area contributed by atoms with Gasteiger partial charge in [0.05, 0.1) is 12.6 Å². The molecule has 1 unspecified atom stereocenters. The van der Waals surface area contributed by atoms with Crippen molar-refractivity contribution in [3.8, 4) is 0 Å². The van der Waals surface area contributed by atoms with Crippen LogP contribution in [0.15, 0.2) is 12.2 Å². The van der Waals surface area contributed by atoms with Crippen molar-refractivity contribution in [3.05, 3.63) is 12.2 Å². The Bertz CT molecular complexity index is 114. The summed E-state index contributed by atoms with van der Waals surface area (Å²) in [6.45, 7) is 0.904. The predicted octanol–water partition coefficient (Wildman–Crippen LogP) is 0.218. The maximum absolute atomic E-state index is 8.50. The van der Waals surface area contributed by atoms with Gasteiger partial charge in [-0.1, -0.05) is 12.2 Å². The zero-order chi connectivity index (χ0) is 7.23. The van der Waals surface area contributed by atoms with Crippen molar-refractivity contribution < 1.29 is 9.94 Å². The minimum atomic E-state index is 0.256. The fourth-order valence-corrected chi connectivity index (χ4v) is 0.929. The minimum absolute atomic E-state index is 0.256. The van der Waals surface area contributed by atoms with Crippen LogP contribution in [0.25, 0.3) is 0 Å². The molecule has 0 saturated carbocycles. The van der Waals surface area contributed by atoms with Crippen LogP contribution in [0.4, 0.5) is 0 Å². The third kappa shape index (κ3) is 2.47. The SMILES string of the molecule is OCCCC1C=CCON1. The molecule has 0 aromatic rings. The average molecular weight is 143 g/mol. The Kier molecular flexibility index (Phi) is 3.43. The molecule has 0 saturated heterocycles. The summed E-state index contributed by atoms with van der Waals surface area (Å²) in [5.74, 6) is 0. The molecule has 0 fully saturated rings. The normalized spacial score (nSPS) is 25.1. The van der Waals surface area contributed by atoms with Crippen molar-refractivity contribution in [2.45, 2.75) is 18.9 Å². The quantitative estimate of drug-likeness (QED) is 0.555. The molecule has 0 amide bonds. The molecular weight excluding hydrogens is 130 g/mol. The highest BCUT2D eigenvalue weighted by atomic mass is 16.6. The van der Waals surface area contributed by atoms with E-state index in [0.717, 1.165) is 12.8 Å². The number of hydrogen-bond donors (Lipinski definition) is 2. The lowest BCUT2D eigenvalue weighted by Gasteiger charge is -2.17. The van der Waals surface area contributed by atoms with Gasteiger partial charge in [-0.05, 0) is 12.8 Å². The van der Waals surface area contributed by atoms with Crippen LogP contribution in [0.1, 0.15) is 12.8 Å². The molecule has 0 spiro atoms. The Labute approximate surface area is 60.6 Å². The predicted molar refractivity (Wildman–Crippen MR) is 38.3 cm³/mol. The molecule has 0 aromatic heterocycles. The van der Waals surface area contributed by atoms with Gasteiger partial charge in [0, 0.05) is 6.61 Å². The second-order valence-corrected chi connectivity index (χ2v) is 2.33. The van der Waals surface area contributed by atoms with Crippen LogP contribution in [0.3, 0.4) is 0 Å². The van der Waals surface area contributed by atoms with Gasteiger partial charge in [0.25, 0.3) is 0 Å². The first-order valence-electron chi connectivity index (χ1n) is 3.58. The second-order valence-electron chi connectivity index (χ2n) is 2.33. The molecule has 1 aliphatic heterocycles. The Balaban J connectivity index is 2.13. The van der Waals surface area contributed by atoms with Gasteiger partial charge < -0.3 is 5.11 Å². The fourth-order valence-electron chi connectivity index (χ4n) is 0.929. The van der Waals surface area contributed by atoms with Crippen LogP contribution in [0.5, 0.6) is 0 Å². The topological polar surface area (TPSA) is 41.5 Å². The van der Waals surface area contributed by atoms with Crippen LogP contribution in [-0.4, -0.2) is 24.4 Å². The molecule has 1 rings (SSSR count). The zero-order valence-corrected chi connectivity index (χ0v) is 5.92. The number of nitrogens with one attached hydrogen (secondary N) is 1. The van der Waals surface area contributed by atoms with Gasteiger partial charge in [0.2, 0.25) is 0 Å². The van der Waals surface area contributed by atoms with E-state index < -0.39 is 0 Å². The molecule has 1 heterocycles. The smallest absolute Gasteiger partial charge is 0.0864 e. The number of rotatable bonds is 3. The van der Waals surface area contributed by atoms with Crippen LogP contribution in [-0.2, 0) is 4.84 Å². The highest BCUT2D eigenvalue weighted by molar-refractivity contribution is 4.94. The fraction of sp³-hybridized carbons (Fsp3) is 0.714. The van der Waals surface area contributed by atoms with Crippen molar-refractivity contribution in [2.24, 2.45) is 0 Å². The first-order valence-corrected chi connectivity index (χ1v) is 3.58. The highest BCUT2D eigenvalue weighted by Crippen LogP contribution is 2.01. The molecule has 0 aliphatic carbocycles. The largest absolute Gasteiger partial charge is 0.396 e. The maximum atomic E-state index is 8.50. The van der Waals surface area contributed by atoms with Crippen molar-refractivity contribution in [1.29, 1.82) is 0 Å². The summed E-state index contributed by atoms with van der Waals surface area (Å²) in [5.41, 5.74) is 2.86. The highest BCUT2D eigenvalue weighted by Gasteiger charge is 2.05. The summed E-state index contributed by atoms with van der Waals surface area (Å²) in [5, 5.41) is 8.50. The van der Waals surface area contributed by atoms with Gasteiger partial charge in [0.1, 0.15) is 0 Å². The molecule has 0 aromatic carbocycles. The lowest BCUT2D eigenvalue weighted by atomic mass is 10.1. The first kappa shape index (κ1) is 7.72. The van der Waals surface area contributed by atoms with Crippen LogP contribution in [0, 0.1) is 0 Å². The van der Waals surface area contributed by atoms with Gasteiger partial charge >= 0.3 is 0 Å². The molecule has 2 N–H and O–H groups in total. The van der Waals surface area contributed by atoms with E-state index in [-0.39, 0.29) is 6.61 Å². The minimum Gasteiger partial charge on any atom is -0.396 e. The third-order valence-corrected chi connectivity index (χ3v) is 1.46. The summed E-state index contributed by atoms with van der Waals surface area (Å²) in [6.07, 6.45) is 5.82. The lowest BCUT2D eigenvalue weighted by Crippen LogP contribution is -2.30. The van der Waals surface area contributed by atoms with E-state index in [1.807, 2.05) is 6.08 Å². The molecule has 1 aliphatic rings. The van der Waals surface area contributed by atoms with Crippen molar-refractivity contribution in [2.75, 3.05) is 13.2 Å². The van der Waals surface area contributed by atoms with E-state index >= 15 is 0 Å². The van der Waals surface area contributed by atoms with Gasteiger partial charge in [0.15, 0.2) is 0 Å². The van der Waals surface area contributed by atoms with Crippen LogP contribution < -0.4 is 5.48 Å². The van der Waals surface area contributed by atoms with E-state index in [9.17, 15) is 0 Å². The summed E-state index contributed by atoms with van der Waals surface area (Å²) in [6, 6.07) is 0.292. The van der Waals surface area contributed by atoms with E-state index in [1.54, 1.807) is 0 Å². The van der Waals surface area contributed by atoms with E-state index in [4.69, 9.17) is 9.94 Å². The number of aliphatic hydroxyl groups is 1. The Hall–Kier alpha value is -0.380. The van der Waals surface area contributed by atoms with E-state index in [1.165, 1.54) is 0 Å². The van der Waals surface area contributed by atoms with Crippen molar-refractivity contribution in [3.63, 3.8) is 0 Å². The standard InChI is InChI=1S/C7H13NO2/c9-5-1-3-7-4-2-6-10-8-7/h2,4,7-9H,1,3,5-6H2. The third-order valence-electron chi connectivity index (χ3n) is 1.46. The number of hydroxylamine groups is 1. The monoisotopic (exact) mass is 143 g/mol. The number of aliphatic hydroxyl groups excluding tert-OH is 1. The van der Waals surface area contributed by atoms with Crippen LogP contribution in [0.2, 0.25) is 0 Å². The summed E-state index contributed by atoms with van der Waals surface area (Å²) < 4.78 is 0. The van der Waals surface area contributed by atoms with E-state index in [2.05, 4.69) is 11.6 Å². The molecule has 58 valence electrons. The van der Waals surface area contributed by atoms with Gasteiger partial charge in [-0.25, -0.2) is 0 Å². The average Bonchev–Trinajstić information content (AvgIpc) is 2.03. The molecule has 3 heteroatoms. The molecule has 3 nitrogen and oxygen atoms in total. The Morgan fingerprint density at radius 1 is 1.70 bits per heavy atom. The summed E-state index contributed by atoms with van der Waals surface area (Å²) in [4.78, 5) is 4.96. The first-order chi connectivity index (χ1) is 4.93. The van der Waals surface area contributed by atoms with Crippen molar-refractivity contribution in [1.82, 2.24) is 5.48 Å². The summed E-state index contributed by atoms with van der Waals surface area (Å²) in [7, 11) is 0. The Morgan fingerprint density at radius 3 is 3.20 bits per heavy atom. The zero-order valence-electron chi connectivity index (χ0n) is 5.92. The van der Waals surface area contributed by atoms with Crippen molar-refractivity contribution >= 4 is 0 Å².